The number of nitrogens with zero attached hydrogens (tertiary/aromatic N) is 3. The molecule has 1 unspecified atom stereocenters. The number of halogens is 3. The summed E-state index contributed by atoms with van der Waals surface area (Å²) in [6.45, 7) is 6.40. The van der Waals surface area contributed by atoms with Crippen molar-refractivity contribution < 1.29 is 22.5 Å². The molecule has 0 saturated carbocycles. The van der Waals surface area contributed by atoms with Gasteiger partial charge in [-0.25, -0.2) is 0 Å². The van der Waals surface area contributed by atoms with Gasteiger partial charge in [0.15, 0.2) is 5.82 Å². The Hall–Kier alpha value is -3.16. The fraction of sp³-hybridized carbons (Fsp3) is 0.318. The zero-order chi connectivity index (χ0) is 21.6. The summed E-state index contributed by atoms with van der Waals surface area (Å²) in [7, 11) is 0. The lowest BCUT2D eigenvalue weighted by atomic mass is 10.0. The SMILES string of the molecule is Cc1cc(C)c(N2CC(c3noc(-c4ccc(C(F)(F)F)cc4)n3)CC2=O)c(C)c1. The Morgan fingerprint density at radius 3 is 2.30 bits per heavy atom. The van der Waals surface area contributed by atoms with Gasteiger partial charge in [0, 0.05) is 30.1 Å². The Bertz CT molecular complexity index is 1080. The van der Waals surface area contributed by atoms with E-state index in [1.807, 2.05) is 32.9 Å². The van der Waals surface area contributed by atoms with Crippen LogP contribution in [-0.2, 0) is 11.0 Å². The molecule has 0 spiro atoms. The molecule has 1 aliphatic heterocycles. The summed E-state index contributed by atoms with van der Waals surface area (Å²) in [6.07, 6.45) is -4.16. The molecule has 0 radical (unpaired) electrons. The number of alkyl halides is 3. The maximum atomic E-state index is 12.7. The molecule has 0 aliphatic carbocycles. The molecule has 1 fully saturated rings. The summed E-state index contributed by atoms with van der Waals surface area (Å²) in [5.41, 5.74) is 3.75. The minimum absolute atomic E-state index is 0.0177. The third kappa shape index (κ3) is 3.69. The van der Waals surface area contributed by atoms with Gasteiger partial charge in [-0.15, -0.1) is 0 Å². The first kappa shape index (κ1) is 20.1. The second-order valence-electron chi connectivity index (χ2n) is 7.69. The first-order chi connectivity index (χ1) is 14.1. The highest BCUT2D eigenvalue weighted by molar-refractivity contribution is 5.97. The normalized spacial score (nSPS) is 17.1. The maximum Gasteiger partial charge on any atom is 0.416 e. The van der Waals surface area contributed by atoms with Crippen molar-refractivity contribution in [1.82, 2.24) is 10.1 Å². The van der Waals surface area contributed by atoms with Gasteiger partial charge in [0.05, 0.1) is 5.56 Å². The van der Waals surface area contributed by atoms with Gasteiger partial charge >= 0.3 is 6.18 Å². The molecule has 3 aromatic rings. The van der Waals surface area contributed by atoms with Gasteiger partial charge in [-0.3, -0.25) is 4.79 Å². The van der Waals surface area contributed by atoms with E-state index in [0.717, 1.165) is 34.5 Å². The van der Waals surface area contributed by atoms with Crippen LogP contribution in [0, 0.1) is 20.8 Å². The van der Waals surface area contributed by atoms with Crippen molar-refractivity contribution in [1.29, 1.82) is 0 Å². The van der Waals surface area contributed by atoms with Gasteiger partial charge in [0.1, 0.15) is 0 Å². The van der Waals surface area contributed by atoms with E-state index in [0.29, 0.717) is 17.9 Å². The monoisotopic (exact) mass is 415 g/mol. The molecule has 0 N–H and O–H groups in total. The molecule has 5 nitrogen and oxygen atoms in total. The zero-order valence-corrected chi connectivity index (χ0v) is 16.7. The summed E-state index contributed by atoms with van der Waals surface area (Å²) in [5.74, 6) is 0.246. The number of amides is 1. The van der Waals surface area contributed by atoms with Gasteiger partial charge in [-0.05, 0) is 56.2 Å². The van der Waals surface area contributed by atoms with Crippen molar-refractivity contribution in [2.75, 3.05) is 11.4 Å². The summed E-state index contributed by atoms with van der Waals surface area (Å²) in [6, 6.07) is 8.63. The molecule has 0 bridgehead atoms. The van der Waals surface area contributed by atoms with Crippen molar-refractivity contribution in [3.05, 3.63) is 64.5 Å². The van der Waals surface area contributed by atoms with Crippen molar-refractivity contribution >= 4 is 11.6 Å². The molecule has 4 rings (SSSR count). The van der Waals surface area contributed by atoms with Crippen molar-refractivity contribution in [2.45, 2.75) is 39.3 Å². The van der Waals surface area contributed by atoms with Crippen LogP contribution in [0.25, 0.3) is 11.5 Å². The lowest BCUT2D eigenvalue weighted by molar-refractivity contribution is -0.137. The van der Waals surface area contributed by atoms with E-state index in [-0.39, 0.29) is 24.1 Å². The molecule has 2 heterocycles. The highest BCUT2D eigenvalue weighted by Crippen LogP contribution is 2.36. The van der Waals surface area contributed by atoms with E-state index in [2.05, 4.69) is 10.1 Å². The first-order valence-electron chi connectivity index (χ1n) is 9.53. The summed E-state index contributed by atoms with van der Waals surface area (Å²) in [5, 5.41) is 3.98. The van der Waals surface area contributed by atoms with Crippen LogP contribution in [0.15, 0.2) is 40.9 Å². The predicted molar refractivity (Wildman–Crippen MR) is 105 cm³/mol. The molecule has 156 valence electrons. The van der Waals surface area contributed by atoms with Crippen LogP contribution in [0.4, 0.5) is 18.9 Å². The molecule has 8 heteroatoms. The number of benzene rings is 2. The molecule has 1 aromatic heterocycles. The third-order valence-corrected chi connectivity index (χ3v) is 5.30. The largest absolute Gasteiger partial charge is 0.416 e. The van der Waals surface area contributed by atoms with Crippen LogP contribution in [0.5, 0.6) is 0 Å². The Balaban J connectivity index is 1.56. The number of carbonyl (C=O) groups excluding carboxylic acids is 1. The first-order valence-corrected chi connectivity index (χ1v) is 9.53. The Labute approximate surface area is 171 Å². The van der Waals surface area contributed by atoms with E-state index in [1.54, 1.807) is 4.90 Å². The fourth-order valence-electron chi connectivity index (χ4n) is 4.01. The van der Waals surface area contributed by atoms with E-state index >= 15 is 0 Å². The minimum atomic E-state index is -4.40. The topological polar surface area (TPSA) is 59.2 Å². The van der Waals surface area contributed by atoms with Crippen molar-refractivity contribution in [2.24, 2.45) is 0 Å². The van der Waals surface area contributed by atoms with Crippen LogP contribution in [-0.4, -0.2) is 22.6 Å². The summed E-state index contributed by atoms with van der Waals surface area (Å²) < 4.78 is 43.5. The number of hydrogen-bond acceptors (Lipinski definition) is 4. The summed E-state index contributed by atoms with van der Waals surface area (Å²) >= 11 is 0. The molecule has 30 heavy (non-hydrogen) atoms. The van der Waals surface area contributed by atoms with E-state index in [9.17, 15) is 18.0 Å². The van der Waals surface area contributed by atoms with Gasteiger partial charge in [0.25, 0.3) is 5.89 Å². The van der Waals surface area contributed by atoms with E-state index < -0.39 is 11.7 Å². The quantitative estimate of drug-likeness (QED) is 0.590. The highest BCUT2D eigenvalue weighted by atomic mass is 19.4. The number of hydrogen-bond donors (Lipinski definition) is 0. The molecular weight excluding hydrogens is 395 g/mol. The molecule has 2 aromatic carbocycles. The third-order valence-electron chi connectivity index (χ3n) is 5.30. The minimum Gasteiger partial charge on any atom is -0.334 e. The summed E-state index contributed by atoms with van der Waals surface area (Å²) in [4.78, 5) is 18.8. The van der Waals surface area contributed by atoms with Crippen LogP contribution in [0.2, 0.25) is 0 Å². The number of aryl methyl sites for hydroxylation is 3. The fourth-order valence-corrected chi connectivity index (χ4v) is 4.01. The van der Waals surface area contributed by atoms with E-state index in [1.165, 1.54) is 12.1 Å². The van der Waals surface area contributed by atoms with Gasteiger partial charge in [-0.1, -0.05) is 22.9 Å². The molecule has 1 saturated heterocycles. The Morgan fingerprint density at radius 1 is 1.07 bits per heavy atom. The highest BCUT2D eigenvalue weighted by Gasteiger charge is 2.36. The van der Waals surface area contributed by atoms with Gasteiger partial charge < -0.3 is 9.42 Å². The van der Waals surface area contributed by atoms with Gasteiger partial charge in [-0.2, -0.15) is 18.2 Å². The molecule has 1 aliphatic rings. The lowest BCUT2D eigenvalue weighted by Gasteiger charge is -2.22. The van der Waals surface area contributed by atoms with Crippen LogP contribution in [0.3, 0.4) is 0 Å². The molecular formula is C22H20F3N3O2. The smallest absolute Gasteiger partial charge is 0.334 e. The number of carbonyl (C=O) groups is 1. The van der Waals surface area contributed by atoms with Crippen molar-refractivity contribution in [3.63, 3.8) is 0 Å². The number of anilines is 1. The standard InChI is InChI=1S/C22H20F3N3O2/c1-12-8-13(2)19(14(3)9-12)28-11-16(10-18(28)29)20-26-21(30-27-20)15-4-6-17(7-5-15)22(23,24)25/h4-9,16H,10-11H2,1-3H3. The average molecular weight is 415 g/mol. The van der Waals surface area contributed by atoms with Crippen LogP contribution < -0.4 is 4.90 Å². The van der Waals surface area contributed by atoms with Crippen LogP contribution in [0.1, 0.15) is 40.4 Å². The molecule has 1 amide bonds. The molecule has 1 atom stereocenters. The van der Waals surface area contributed by atoms with Crippen molar-refractivity contribution in [3.8, 4) is 11.5 Å². The zero-order valence-electron chi connectivity index (χ0n) is 16.7. The predicted octanol–water partition coefficient (Wildman–Crippen LogP) is 5.20. The van der Waals surface area contributed by atoms with Gasteiger partial charge in [0.2, 0.25) is 5.91 Å². The Kier molecular flexibility index (Phi) is 4.88. The van der Waals surface area contributed by atoms with Crippen LogP contribution >= 0.6 is 0 Å². The van der Waals surface area contributed by atoms with E-state index in [4.69, 9.17) is 4.52 Å². The number of aromatic nitrogens is 2. The second-order valence-corrected chi connectivity index (χ2v) is 7.69. The maximum absolute atomic E-state index is 12.7. The number of rotatable bonds is 3. The average Bonchev–Trinajstić information content (AvgIpc) is 3.28. The second kappa shape index (κ2) is 7.27. The lowest BCUT2D eigenvalue weighted by Crippen LogP contribution is -2.26. The Morgan fingerprint density at radius 2 is 1.70 bits per heavy atom.